The van der Waals surface area contributed by atoms with Gasteiger partial charge in [-0.1, -0.05) is 128 Å². The van der Waals surface area contributed by atoms with Crippen LogP contribution in [0, 0.1) is 5.92 Å². The Morgan fingerprint density at radius 1 is 0.820 bits per heavy atom. The van der Waals surface area contributed by atoms with E-state index in [1.165, 1.54) is 16.7 Å². The summed E-state index contributed by atoms with van der Waals surface area (Å²) in [5, 5.41) is 12.7. The number of anilines is 1. The van der Waals surface area contributed by atoms with Gasteiger partial charge in [-0.3, -0.25) is 9.59 Å². The zero-order valence-corrected chi connectivity index (χ0v) is 29.3. The average Bonchev–Trinajstić information content (AvgIpc) is 3.14. The van der Waals surface area contributed by atoms with Gasteiger partial charge in [0.15, 0.2) is 5.75 Å². The monoisotopic (exact) mass is 669 g/mol. The molecule has 2 atom stereocenters. The molecule has 0 saturated carbocycles. The summed E-state index contributed by atoms with van der Waals surface area (Å²) in [6.07, 6.45) is 0. The number of carbonyl (C=O) groups excluding carboxylic acids is 2. The topological polar surface area (TPSA) is 82.1 Å². The van der Waals surface area contributed by atoms with Gasteiger partial charge < -0.3 is 25.0 Å². The predicted octanol–water partition coefficient (Wildman–Crippen LogP) is 7.72. The van der Waals surface area contributed by atoms with Gasteiger partial charge in [-0.05, 0) is 61.0 Å². The fourth-order valence-corrected chi connectivity index (χ4v) is 6.08. The zero-order valence-electron chi connectivity index (χ0n) is 29.3. The van der Waals surface area contributed by atoms with Crippen molar-refractivity contribution in [1.29, 1.82) is 0 Å². The minimum absolute atomic E-state index is 0.0660. The van der Waals surface area contributed by atoms with Crippen LogP contribution in [0.3, 0.4) is 0 Å². The first-order valence-electron chi connectivity index (χ1n) is 17.1. The van der Waals surface area contributed by atoms with Crippen LogP contribution in [0.15, 0.2) is 133 Å². The number of para-hydroxylation sites is 1. The van der Waals surface area contributed by atoms with Crippen LogP contribution in [0.25, 0.3) is 11.1 Å². The van der Waals surface area contributed by atoms with E-state index in [4.69, 9.17) is 4.74 Å². The first-order valence-corrected chi connectivity index (χ1v) is 17.1. The summed E-state index contributed by atoms with van der Waals surface area (Å²) < 4.78 is 6.07. The van der Waals surface area contributed by atoms with Crippen LogP contribution in [0.2, 0.25) is 0 Å². The number of aliphatic hydroxyl groups excluding tert-OH is 1. The third-order valence-corrected chi connectivity index (χ3v) is 8.67. The highest BCUT2D eigenvalue weighted by Crippen LogP contribution is 2.35. The van der Waals surface area contributed by atoms with E-state index in [2.05, 4.69) is 72.8 Å². The van der Waals surface area contributed by atoms with Gasteiger partial charge in [0.1, 0.15) is 0 Å². The molecule has 0 unspecified atom stereocenters. The van der Waals surface area contributed by atoms with Crippen molar-refractivity contribution >= 4 is 17.5 Å². The molecule has 50 heavy (non-hydrogen) atoms. The lowest BCUT2D eigenvalue weighted by atomic mass is 9.90. The van der Waals surface area contributed by atoms with Crippen molar-refractivity contribution in [2.75, 3.05) is 39.2 Å². The molecular formula is C43H47N3O4. The molecular weight excluding hydrogens is 622 g/mol. The maximum atomic E-state index is 13.6. The van der Waals surface area contributed by atoms with E-state index in [1.54, 1.807) is 23.1 Å². The standard InChI is InChI=1S/C28H30N2O4.C15H17N/c1-19-16-30(20(2)17-31)28(33)23-14-9-15-24(26(23)34-18-19)29-27(32)25(21-10-5-3-6-11-21)22-12-7-4-8-13-22;1-16(2)12-13-8-10-15(11-9-13)14-6-4-3-5-7-14/h3-15,19-20,25,31H,16-18H2,1-2H3,(H,29,32);3-11H,12H2,1-2H3/t19-,20+;/m1./s1. The SMILES string of the molecule is CN(C)Cc1ccc(-c2ccccc2)cc1.C[C@H]1COc2c(NC(=O)C(c3ccccc3)c3ccccc3)cccc2C(=O)N([C@@H](C)CO)C1. The van der Waals surface area contributed by atoms with Crippen molar-refractivity contribution in [3.05, 3.63) is 156 Å². The van der Waals surface area contributed by atoms with Gasteiger partial charge in [0, 0.05) is 19.0 Å². The number of ether oxygens (including phenoxy) is 1. The summed E-state index contributed by atoms with van der Waals surface area (Å²) in [6, 6.07) is 43.3. The van der Waals surface area contributed by atoms with Crippen molar-refractivity contribution in [3.63, 3.8) is 0 Å². The Hall–Kier alpha value is -5.24. The van der Waals surface area contributed by atoms with Crippen LogP contribution >= 0.6 is 0 Å². The molecule has 2 N–H and O–H groups in total. The van der Waals surface area contributed by atoms with E-state index in [0.29, 0.717) is 30.2 Å². The maximum absolute atomic E-state index is 13.6. The second-order valence-electron chi connectivity index (χ2n) is 13.1. The van der Waals surface area contributed by atoms with Crippen LogP contribution in [0.5, 0.6) is 5.75 Å². The van der Waals surface area contributed by atoms with Crippen LogP contribution in [0.1, 0.15) is 46.8 Å². The number of hydrogen-bond donors (Lipinski definition) is 2. The number of fused-ring (bicyclic) bond motifs is 1. The van der Waals surface area contributed by atoms with Gasteiger partial charge in [-0.25, -0.2) is 0 Å². The van der Waals surface area contributed by atoms with Gasteiger partial charge in [-0.2, -0.15) is 0 Å². The van der Waals surface area contributed by atoms with Crippen molar-refractivity contribution in [2.45, 2.75) is 32.4 Å². The summed E-state index contributed by atoms with van der Waals surface area (Å²) in [5.41, 5.74) is 6.49. The fraction of sp³-hybridized carbons (Fsp3) is 0.256. The third kappa shape index (κ3) is 9.26. The fourth-order valence-electron chi connectivity index (χ4n) is 6.08. The molecule has 2 amide bonds. The van der Waals surface area contributed by atoms with E-state index in [9.17, 15) is 14.7 Å². The quantitative estimate of drug-likeness (QED) is 0.168. The van der Waals surface area contributed by atoms with Gasteiger partial charge in [-0.15, -0.1) is 0 Å². The molecule has 0 saturated heterocycles. The minimum atomic E-state index is -0.521. The number of carbonyl (C=O) groups is 2. The molecule has 7 nitrogen and oxygen atoms in total. The molecule has 1 aliphatic heterocycles. The number of aliphatic hydroxyl groups is 1. The van der Waals surface area contributed by atoms with Crippen LogP contribution in [-0.4, -0.2) is 66.6 Å². The Balaban J connectivity index is 0.000000253. The van der Waals surface area contributed by atoms with Crippen LogP contribution in [0.4, 0.5) is 5.69 Å². The average molecular weight is 670 g/mol. The van der Waals surface area contributed by atoms with E-state index < -0.39 is 5.92 Å². The Kier molecular flexibility index (Phi) is 12.6. The van der Waals surface area contributed by atoms with Crippen molar-refractivity contribution in [1.82, 2.24) is 9.80 Å². The second-order valence-corrected chi connectivity index (χ2v) is 13.1. The molecule has 5 aromatic rings. The van der Waals surface area contributed by atoms with E-state index >= 15 is 0 Å². The third-order valence-electron chi connectivity index (χ3n) is 8.67. The molecule has 6 rings (SSSR count). The zero-order chi connectivity index (χ0) is 35.5. The van der Waals surface area contributed by atoms with E-state index in [-0.39, 0.29) is 30.4 Å². The summed E-state index contributed by atoms with van der Waals surface area (Å²) in [6.45, 7) is 5.57. The summed E-state index contributed by atoms with van der Waals surface area (Å²) >= 11 is 0. The van der Waals surface area contributed by atoms with E-state index in [0.717, 1.165) is 17.7 Å². The first kappa shape index (κ1) is 36.1. The largest absolute Gasteiger partial charge is 0.490 e. The number of rotatable bonds is 9. The number of nitrogens with zero attached hydrogens (tertiary/aromatic N) is 2. The lowest BCUT2D eigenvalue weighted by Gasteiger charge is -2.33. The lowest BCUT2D eigenvalue weighted by Crippen LogP contribution is -2.45. The molecule has 5 aromatic carbocycles. The minimum Gasteiger partial charge on any atom is -0.490 e. The van der Waals surface area contributed by atoms with Crippen molar-refractivity contribution in [2.24, 2.45) is 5.92 Å². The van der Waals surface area contributed by atoms with Crippen LogP contribution < -0.4 is 10.1 Å². The predicted molar refractivity (Wildman–Crippen MR) is 201 cm³/mol. The van der Waals surface area contributed by atoms with Crippen molar-refractivity contribution < 1.29 is 19.4 Å². The highest BCUT2D eigenvalue weighted by atomic mass is 16.5. The maximum Gasteiger partial charge on any atom is 0.258 e. The molecule has 0 aromatic heterocycles. The highest BCUT2D eigenvalue weighted by Gasteiger charge is 2.31. The lowest BCUT2D eigenvalue weighted by molar-refractivity contribution is -0.116. The molecule has 0 radical (unpaired) electrons. The number of amides is 2. The highest BCUT2D eigenvalue weighted by molar-refractivity contribution is 6.03. The number of nitrogens with one attached hydrogen (secondary N) is 1. The van der Waals surface area contributed by atoms with Gasteiger partial charge >= 0.3 is 0 Å². The molecule has 0 fully saturated rings. The smallest absolute Gasteiger partial charge is 0.258 e. The van der Waals surface area contributed by atoms with Crippen LogP contribution in [-0.2, 0) is 11.3 Å². The summed E-state index contributed by atoms with van der Waals surface area (Å²) in [5.74, 6) is -0.523. The molecule has 1 aliphatic rings. The normalized spacial score (nSPS) is 14.8. The Morgan fingerprint density at radius 2 is 1.38 bits per heavy atom. The summed E-state index contributed by atoms with van der Waals surface area (Å²) in [4.78, 5) is 30.8. The molecule has 0 aliphatic carbocycles. The van der Waals surface area contributed by atoms with Crippen molar-refractivity contribution in [3.8, 4) is 16.9 Å². The second kappa shape index (κ2) is 17.4. The first-order chi connectivity index (χ1) is 24.2. The molecule has 0 bridgehead atoms. The Labute approximate surface area is 296 Å². The molecule has 7 heteroatoms. The van der Waals surface area contributed by atoms with E-state index in [1.807, 2.05) is 80.6 Å². The van der Waals surface area contributed by atoms with Gasteiger partial charge in [0.2, 0.25) is 5.91 Å². The molecule has 258 valence electrons. The Bertz CT molecular complexity index is 1770. The van der Waals surface area contributed by atoms with Gasteiger partial charge in [0.05, 0.1) is 36.4 Å². The number of benzene rings is 5. The molecule has 0 spiro atoms. The number of hydrogen-bond acceptors (Lipinski definition) is 5. The van der Waals surface area contributed by atoms with Gasteiger partial charge in [0.25, 0.3) is 5.91 Å². The molecule has 1 heterocycles. The Morgan fingerprint density at radius 3 is 1.94 bits per heavy atom. The summed E-state index contributed by atoms with van der Waals surface area (Å²) in [7, 11) is 4.18.